The van der Waals surface area contributed by atoms with Crippen LogP contribution in [0, 0.1) is 12.3 Å². The van der Waals surface area contributed by atoms with Gasteiger partial charge < -0.3 is 19.3 Å². The molecule has 0 radical (unpaired) electrons. The average Bonchev–Trinajstić information content (AvgIpc) is 3.29. The zero-order chi connectivity index (χ0) is 23.3. The predicted octanol–water partition coefficient (Wildman–Crippen LogP) is 4.05. The van der Waals surface area contributed by atoms with Crippen molar-refractivity contribution in [3.8, 4) is 11.4 Å². The van der Waals surface area contributed by atoms with Gasteiger partial charge in [-0.15, -0.1) is 0 Å². The number of aliphatic hydroxyl groups excluding tert-OH is 1. The van der Waals surface area contributed by atoms with E-state index >= 15 is 0 Å². The average molecular weight is 446 g/mol. The smallest absolute Gasteiger partial charge is 0.246 e. The van der Waals surface area contributed by atoms with Crippen molar-refractivity contribution in [2.24, 2.45) is 5.41 Å². The highest BCUT2D eigenvalue weighted by Gasteiger charge is 2.36. The number of imidazole rings is 1. The van der Waals surface area contributed by atoms with E-state index < -0.39 is 0 Å². The van der Waals surface area contributed by atoms with Gasteiger partial charge in [0.2, 0.25) is 5.91 Å². The molecule has 1 N–H and O–H groups in total. The van der Waals surface area contributed by atoms with Crippen LogP contribution in [-0.4, -0.2) is 52.3 Å². The van der Waals surface area contributed by atoms with Crippen molar-refractivity contribution < 1.29 is 14.6 Å². The first-order chi connectivity index (χ1) is 16.0. The molecule has 3 aromatic rings. The van der Waals surface area contributed by atoms with Crippen molar-refractivity contribution in [3.63, 3.8) is 0 Å². The van der Waals surface area contributed by atoms with Crippen LogP contribution in [0.1, 0.15) is 29.7 Å². The summed E-state index contributed by atoms with van der Waals surface area (Å²) in [6.07, 6.45) is 9.70. The van der Waals surface area contributed by atoms with E-state index in [1.165, 1.54) is 5.56 Å². The molecule has 172 valence electrons. The van der Waals surface area contributed by atoms with Gasteiger partial charge in [-0.25, -0.2) is 4.98 Å². The van der Waals surface area contributed by atoms with Crippen molar-refractivity contribution in [2.45, 2.75) is 26.2 Å². The molecule has 6 nitrogen and oxygen atoms in total. The number of benzene rings is 2. The van der Waals surface area contributed by atoms with Crippen LogP contribution < -0.4 is 4.74 Å². The number of ether oxygens (including phenoxy) is 1. The third-order valence-electron chi connectivity index (χ3n) is 6.34. The molecule has 1 saturated heterocycles. The van der Waals surface area contributed by atoms with Gasteiger partial charge in [-0.05, 0) is 55.5 Å². The molecule has 0 bridgehead atoms. The molecule has 1 aliphatic heterocycles. The minimum atomic E-state index is -0.295. The van der Waals surface area contributed by atoms with Crippen LogP contribution in [0.15, 0.2) is 67.1 Å². The number of hydrogen-bond donors (Lipinski definition) is 1. The summed E-state index contributed by atoms with van der Waals surface area (Å²) in [5, 5.41) is 10.2. The Morgan fingerprint density at radius 3 is 2.76 bits per heavy atom. The minimum Gasteiger partial charge on any atom is -0.495 e. The number of piperidine rings is 1. The molecule has 0 aliphatic carbocycles. The fourth-order valence-electron chi connectivity index (χ4n) is 4.59. The summed E-state index contributed by atoms with van der Waals surface area (Å²) in [6, 6.07) is 16.0. The molecular formula is C27H31N3O3. The quantitative estimate of drug-likeness (QED) is 0.557. The molecule has 2 aromatic carbocycles. The Morgan fingerprint density at radius 2 is 2.06 bits per heavy atom. The number of carbonyl (C=O) groups is 1. The maximum Gasteiger partial charge on any atom is 0.246 e. The van der Waals surface area contributed by atoms with Crippen LogP contribution in [0.4, 0.5) is 0 Å². The van der Waals surface area contributed by atoms with Gasteiger partial charge in [0.25, 0.3) is 0 Å². The summed E-state index contributed by atoms with van der Waals surface area (Å²) in [5.74, 6) is 0.677. The monoisotopic (exact) mass is 445 g/mol. The Bertz CT molecular complexity index is 1120. The second-order valence-corrected chi connectivity index (χ2v) is 8.87. The van der Waals surface area contributed by atoms with Crippen molar-refractivity contribution in [2.75, 3.05) is 26.8 Å². The Kier molecular flexibility index (Phi) is 6.94. The molecule has 0 saturated carbocycles. The van der Waals surface area contributed by atoms with Gasteiger partial charge in [0.05, 0.1) is 31.4 Å². The van der Waals surface area contributed by atoms with E-state index in [0.29, 0.717) is 18.8 Å². The van der Waals surface area contributed by atoms with Gasteiger partial charge in [-0.3, -0.25) is 4.79 Å². The zero-order valence-electron chi connectivity index (χ0n) is 19.3. The van der Waals surface area contributed by atoms with Crippen LogP contribution in [0.2, 0.25) is 0 Å². The van der Waals surface area contributed by atoms with Crippen molar-refractivity contribution >= 4 is 12.0 Å². The fraction of sp³-hybridized carbons (Fsp3) is 0.333. The molecule has 1 aromatic heterocycles. The van der Waals surface area contributed by atoms with E-state index in [0.717, 1.165) is 36.2 Å². The van der Waals surface area contributed by atoms with E-state index in [4.69, 9.17) is 4.74 Å². The second-order valence-electron chi connectivity index (χ2n) is 8.87. The zero-order valence-corrected chi connectivity index (χ0v) is 19.3. The summed E-state index contributed by atoms with van der Waals surface area (Å²) in [6.45, 7) is 3.28. The number of rotatable bonds is 7. The maximum absolute atomic E-state index is 13.0. The highest BCUT2D eigenvalue weighted by atomic mass is 16.5. The van der Waals surface area contributed by atoms with Gasteiger partial charge >= 0.3 is 0 Å². The van der Waals surface area contributed by atoms with Gasteiger partial charge in [0.15, 0.2) is 0 Å². The number of nitrogens with zero attached hydrogens (tertiary/aromatic N) is 3. The molecule has 33 heavy (non-hydrogen) atoms. The van der Waals surface area contributed by atoms with Gasteiger partial charge in [0, 0.05) is 30.8 Å². The summed E-state index contributed by atoms with van der Waals surface area (Å²) >= 11 is 0. The summed E-state index contributed by atoms with van der Waals surface area (Å²) in [4.78, 5) is 19.1. The van der Waals surface area contributed by atoms with Crippen LogP contribution >= 0.6 is 0 Å². The Hall–Kier alpha value is -3.38. The maximum atomic E-state index is 13.0. The molecular weight excluding hydrogens is 414 g/mol. The van der Waals surface area contributed by atoms with E-state index in [9.17, 15) is 9.90 Å². The number of amides is 1. The lowest BCUT2D eigenvalue weighted by Crippen LogP contribution is -2.48. The Labute approximate surface area is 195 Å². The van der Waals surface area contributed by atoms with Crippen LogP contribution in [0.5, 0.6) is 5.75 Å². The van der Waals surface area contributed by atoms with Crippen molar-refractivity contribution in [3.05, 3.63) is 84.0 Å². The van der Waals surface area contributed by atoms with Crippen molar-refractivity contribution in [1.29, 1.82) is 0 Å². The first-order valence-electron chi connectivity index (χ1n) is 11.3. The van der Waals surface area contributed by atoms with E-state index in [1.54, 1.807) is 19.5 Å². The van der Waals surface area contributed by atoms with Gasteiger partial charge in [-0.2, -0.15) is 0 Å². The highest BCUT2D eigenvalue weighted by Crippen LogP contribution is 2.33. The van der Waals surface area contributed by atoms with E-state index in [2.05, 4.69) is 17.1 Å². The summed E-state index contributed by atoms with van der Waals surface area (Å²) in [7, 11) is 1.64. The van der Waals surface area contributed by atoms with Gasteiger partial charge in [-0.1, -0.05) is 36.4 Å². The van der Waals surface area contributed by atoms with Crippen molar-refractivity contribution in [1.82, 2.24) is 14.5 Å². The molecule has 2 heterocycles. The number of hydrogen-bond acceptors (Lipinski definition) is 4. The molecule has 1 aliphatic rings. The number of aliphatic hydroxyl groups is 1. The lowest BCUT2D eigenvalue weighted by atomic mass is 9.75. The highest BCUT2D eigenvalue weighted by molar-refractivity contribution is 5.92. The lowest BCUT2D eigenvalue weighted by molar-refractivity contribution is -0.130. The topological polar surface area (TPSA) is 67.6 Å². The molecule has 1 amide bonds. The molecule has 1 atom stereocenters. The normalized spacial score (nSPS) is 18.6. The van der Waals surface area contributed by atoms with E-state index in [1.807, 2.05) is 65.1 Å². The third kappa shape index (κ3) is 5.34. The second kappa shape index (κ2) is 10.0. The predicted molar refractivity (Wildman–Crippen MR) is 129 cm³/mol. The van der Waals surface area contributed by atoms with Gasteiger partial charge in [0.1, 0.15) is 5.75 Å². The SMILES string of the molecule is COc1cc(/C=C/C(=O)N2CCCC(CO)(Cc3ccccc3)C2)ccc1-n1cnc(C)c1. The summed E-state index contributed by atoms with van der Waals surface area (Å²) < 4.78 is 7.48. The minimum absolute atomic E-state index is 0.0335. The number of carbonyl (C=O) groups excluding carboxylic acids is 1. The Morgan fingerprint density at radius 1 is 1.24 bits per heavy atom. The van der Waals surface area contributed by atoms with Crippen LogP contribution in [0.3, 0.4) is 0 Å². The number of aromatic nitrogens is 2. The number of aryl methyl sites for hydroxylation is 1. The standard InChI is InChI=1S/C27H31N3O3/c1-21-17-30(20-28-21)24-11-9-22(15-25(24)33-2)10-12-26(32)29-14-6-13-27(18-29,19-31)16-23-7-4-3-5-8-23/h3-5,7-12,15,17,20,31H,6,13-14,16,18-19H2,1-2H3/b12-10+. The molecule has 6 heteroatoms. The molecule has 1 unspecified atom stereocenters. The van der Waals surface area contributed by atoms with Crippen LogP contribution in [0.25, 0.3) is 11.8 Å². The molecule has 1 fully saturated rings. The first-order valence-corrected chi connectivity index (χ1v) is 11.3. The van der Waals surface area contributed by atoms with E-state index in [-0.39, 0.29) is 17.9 Å². The Balaban J connectivity index is 1.46. The molecule has 0 spiro atoms. The third-order valence-corrected chi connectivity index (χ3v) is 6.34. The number of methoxy groups -OCH3 is 1. The molecule has 4 rings (SSSR count). The fourth-order valence-corrected chi connectivity index (χ4v) is 4.59. The van der Waals surface area contributed by atoms with Crippen LogP contribution in [-0.2, 0) is 11.2 Å². The summed E-state index contributed by atoms with van der Waals surface area (Å²) in [5.41, 5.74) is 3.61. The lowest BCUT2D eigenvalue weighted by Gasteiger charge is -2.41. The number of likely N-dealkylation sites (tertiary alicyclic amines) is 1. The largest absolute Gasteiger partial charge is 0.495 e. The first kappa shape index (κ1) is 22.8.